The van der Waals surface area contributed by atoms with Crippen LogP contribution >= 0.6 is 0 Å². The maximum absolute atomic E-state index is 5.08. The quantitative estimate of drug-likeness (QED) is 0.657. The minimum Gasteiger partial charge on any atom is -0.454 e. The molecule has 0 amide bonds. The number of nitrogens with zero attached hydrogens (tertiary/aromatic N) is 1. The minimum absolute atomic E-state index is 0.360. The second-order valence-electron chi connectivity index (χ2n) is 3.77. The molecule has 90 valence electrons. The van der Waals surface area contributed by atoms with E-state index in [1.54, 1.807) is 6.33 Å². The molecule has 0 spiro atoms. The van der Waals surface area contributed by atoms with Crippen molar-refractivity contribution in [1.82, 2.24) is 9.97 Å². The molecule has 4 rings (SSSR count). The van der Waals surface area contributed by atoms with Gasteiger partial charge in [-0.1, -0.05) is 24.3 Å². The summed E-state index contributed by atoms with van der Waals surface area (Å²) in [6, 6.07) is 15.6. The van der Waals surface area contributed by atoms with Gasteiger partial charge < -0.3 is 14.5 Å². The number of imidazole rings is 1. The third kappa shape index (κ3) is 2.13. The highest BCUT2D eigenvalue weighted by atomic mass is 16.7. The number of nitrogens with one attached hydrogen (secondary N) is 1. The van der Waals surface area contributed by atoms with Crippen LogP contribution in [0.25, 0.3) is 11.0 Å². The highest BCUT2D eigenvalue weighted by Crippen LogP contribution is 2.30. The smallest absolute Gasteiger partial charge is 0.231 e. The second kappa shape index (κ2) is 4.79. The van der Waals surface area contributed by atoms with E-state index in [0.717, 1.165) is 22.5 Å². The fraction of sp³-hybridized carbons (Fsp3) is 0.0714. The molecule has 4 heteroatoms. The summed E-state index contributed by atoms with van der Waals surface area (Å²) in [7, 11) is 0. The molecule has 0 radical (unpaired) electrons. The van der Waals surface area contributed by atoms with E-state index >= 15 is 0 Å². The van der Waals surface area contributed by atoms with Crippen molar-refractivity contribution in [2.75, 3.05) is 6.79 Å². The van der Waals surface area contributed by atoms with Crippen LogP contribution in [0.2, 0.25) is 0 Å². The number of ether oxygens (including phenoxy) is 2. The van der Waals surface area contributed by atoms with Crippen LogP contribution in [-0.4, -0.2) is 16.8 Å². The standard InChI is InChI=1S/C7H6N2.C7H6O2/c2*1-2-4-7-6(3-1)8-5-9-7/h1-5H,(H,8,9);1-4H,5H2. The Morgan fingerprint density at radius 2 is 1.56 bits per heavy atom. The van der Waals surface area contributed by atoms with Gasteiger partial charge in [-0.25, -0.2) is 4.98 Å². The van der Waals surface area contributed by atoms with E-state index in [-0.39, 0.29) is 0 Å². The summed E-state index contributed by atoms with van der Waals surface area (Å²) in [6.07, 6.45) is 1.70. The number of aromatic nitrogens is 2. The number of benzene rings is 2. The van der Waals surface area contributed by atoms with E-state index in [4.69, 9.17) is 9.47 Å². The molecule has 3 aromatic rings. The molecule has 0 fully saturated rings. The SMILES string of the molecule is c1ccc2[nH]cnc2c1.c1ccc2c(c1)OCO2. The second-order valence-corrected chi connectivity index (χ2v) is 3.77. The number of aromatic amines is 1. The van der Waals surface area contributed by atoms with Crippen LogP contribution in [0.5, 0.6) is 11.5 Å². The molecule has 0 saturated heterocycles. The normalized spacial score (nSPS) is 12.0. The minimum atomic E-state index is 0.360. The largest absolute Gasteiger partial charge is 0.454 e. The molecular formula is C14H12N2O2. The van der Waals surface area contributed by atoms with Crippen molar-refractivity contribution in [2.24, 2.45) is 0 Å². The third-order valence-electron chi connectivity index (χ3n) is 2.61. The molecule has 2 heterocycles. The molecule has 0 bridgehead atoms. The molecular weight excluding hydrogens is 228 g/mol. The van der Waals surface area contributed by atoms with Crippen LogP contribution in [0.3, 0.4) is 0 Å². The van der Waals surface area contributed by atoms with E-state index < -0.39 is 0 Å². The molecule has 0 unspecified atom stereocenters. The third-order valence-corrected chi connectivity index (χ3v) is 2.61. The molecule has 0 atom stereocenters. The summed E-state index contributed by atoms with van der Waals surface area (Å²) in [6.45, 7) is 0.360. The maximum Gasteiger partial charge on any atom is 0.231 e. The summed E-state index contributed by atoms with van der Waals surface area (Å²) in [4.78, 5) is 7.07. The molecule has 4 nitrogen and oxygen atoms in total. The van der Waals surface area contributed by atoms with Crippen molar-refractivity contribution in [2.45, 2.75) is 0 Å². The van der Waals surface area contributed by atoms with Crippen LogP contribution in [0.1, 0.15) is 0 Å². The summed E-state index contributed by atoms with van der Waals surface area (Å²) in [5, 5.41) is 0. The Balaban J connectivity index is 0.000000111. The van der Waals surface area contributed by atoms with Gasteiger partial charge in [-0.3, -0.25) is 0 Å². The lowest BCUT2D eigenvalue weighted by molar-refractivity contribution is 0.174. The first-order chi connectivity index (χ1) is 8.93. The van der Waals surface area contributed by atoms with E-state index in [1.807, 2.05) is 48.5 Å². The Labute approximate surface area is 104 Å². The monoisotopic (exact) mass is 240 g/mol. The van der Waals surface area contributed by atoms with Crippen molar-refractivity contribution < 1.29 is 9.47 Å². The zero-order valence-electron chi connectivity index (χ0n) is 9.67. The average Bonchev–Trinajstić information content (AvgIpc) is 3.08. The van der Waals surface area contributed by atoms with E-state index in [1.165, 1.54) is 0 Å². The van der Waals surface area contributed by atoms with Gasteiger partial charge in [0.15, 0.2) is 11.5 Å². The van der Waals surface area contributed by atoms with Crippen LogP contribution in [-0.2, 0) is 0 Å². The van der Waals surface area contributed by atoms with Crippen molar-refractivity contribution in [3.05, 3.63) is 54.9 Å². The van der Waals surface area contributed by atoms with Crippen molar-refractivity contribution in [1.29, 1.82) is 0 Å². The van der Waals surface area contributed by atoms with Gasteiger partial charge in [0.05, 0.1) is 17.4 Å². The Hall–Kier alpha value is -2.49. The summed E-state index contributed by atoms with van der Waals surface area (Å²) in [5.74, 6) is 1.69. The number of para-hydroxylation sites is 4. The Morgan fingerprint density at radius 1 is 0.889 bits per heavy atom. The molecule has 1 aliphatic rings. The van der Waals surface area contributed by atoms with Crippen molar-refractivity contribution in [3.63, 3.8) is 0 Å². The van der Waals surface area contributed by atoms with Crippen LogP contribution in [0, 0.1) is 0 Å². The molecule has 18 heavy (non-hydrogen) atoms. The van der Waals surface area contributed by atoms with Gasteiger partial charge in [0.25, 0.3) is 0 Å². The van der Waals surface area contributed by atoms with Crippen molar-refractivity contribution in [3.8, 4) is 11.5 Å². The van der Waals surface area contributed by atoms with E-state index in [0.29, 0.717) is 6.79 Å². The fourth-order valence-electron chi connectivity index (χ4n) is 1.72. The number of hydrogen-bond acceptors (Lipinski definition) is 3. The lowest BCUT2D eigenvalue weighted by Crippen LogP contribution is -1.92. The zero-order chi connectivity index (χ0) is 12.2. The van der Waals surface area contributed by atoms with Gasteiger partial charge in [-0.05, 0) is 24.3 Å². The maximum atomic E-state index is 5.08. The highest BCUT2D eigenvalue weighted by Gasteiger charge is 2.09. The predicted molar refractivity (Wildman–Crippen MR) is 68.7 cm³/mol. The Kier molecular flexibility index (Phi) is 2.84. The van der Waals surface area contributed by atoms with Gasteiger partial charge in [0.2, 0.25) is 6.79 Å². The van der Waals surface area contributed by atoms with Gasteiger partial charge in [-0.15, -0.1) is 0 Å². The summed E-state index contributed by atoms with van der Waals surface area (Å²) in [5.41, 5.74) is 2.12. The van der Waals surface area contributed by atoms with Gasteiger partial charge in [-0.2, -0.15) is 0 Å². The Bertz CT molecular complexity index is 596. The highest BCUT2D eigenvalue weighted by molar-refractivity contribution is 5.73. The molecule has 1 aromatic heterocycles. The number of hydrogen-bond donors (Lipinski definition) is 1. The first-order valence-corrected chi connectivity index (χ1v) is 5.66. The number of rotatable bonds is 0. The predicted octanol–water partition coefficient (Wildman–Crippen LogP) is 2.98. The lowest BCUT2D eigenvalue weighted by atomic mass is 10.3. The first-order valence-electron chi connectivity index (χ1n) is 5.66. The summed E-state index contributed by atoms with van der Waals surface area (Å²) >= 11 is 0. The van der Waals surface area contributed by atoms with Crippen LogP contribution in [0.15, 0.2) is 54.9 Å². The Morgan fingerprint density at radius 3 is 2.28 bits per heavy atom. The lowest BCUT2D eigenvalue weighted by Gasteiger charge is -1.89. The van der Waals surface area contributed by atoms with Gasteiger partial charge in [0, 0.05) is 0 Å². The first kappa shape index (κ1) is 10.7. The fourth-order valence-corrected chi connectivity index (χ4v) is 1.72. The average molecular weight is 240 g/mol. The molecule has 0 saturated carbocycles. The molecule has 1 N–H and O–H groups in total. The molecule has 1 aliphatic heterocycles. The zero-order valence-corrected chi connectivity index (χ0v) is 9.67. The van der Waals surface area contributed by atoms with E-state index in [9.17, 15) is 0 Å². The molecule has 0 aliphatic carbocycles. The number of fused-ring (bicyclic) bond motifs is 2. The van der Waals surface area contributed by atoms with Gasteiger partial charge >= 0.3 is 0 Å². The topological polar surface area (TPSA) is 47.1 Å². The van der Waals surface area contributed by atoms with Gasteiger partial charge in [0.1, 0.15) is 0 Å². The van der Waals surface area contributed by atoms with E-state index in [2.05, 4.69) is 9.97 Å². The molecule has 2 aromatic carbocycles. The van der Waals surface area contributed by atoms with Crippen LogP contribution in [0.4, 0.5) is 0 Å². The number of H-pyrrole nitrogens is 1. The van der Waals surface area contributed by atoms with Crippen LogP contribution < -0.4 is 9.47 Å². The van der Waals surface area contributed by atoms with Crippen molar-refractivity contribution >= 4 is 11.0 Å². The summed E-state index contributed by atoms with van der Waals surface area (Å²) < 4.78 is 10.2.